The first-order chi connectivity index (χ1) is 6.97. The second-order valence-corrected chi connectivity index (χ2v) is 3.81. The van der Waals surface area contributed by atoms with Crippen LogP contribution in [-0.2, 0) is 26.2 Å². The zero-order valence-corrected chi connectivity index (χ0v) is 11.4. The summed E-state index contributed by atoms with van der Waals surface area (Å²) in [5.41, 5.74) is 1.58. The molecule has 3 aliphatic rings. The molecule has 0 saturated heterocycles. The van der Waals surface area contributed by atoms with E-state index in [9.17, 15) is 0 Å². The predicted molar refractivity (Wildman–Crippen MR) is 62.7 cm³/mol. The minimum absolute atomic E-state index is 0. The van der Waals surface area contributed by atoms with E-state index < -0.39 is 0 Å². The fourth-order valence-electron chi connectivity index (χ4n) is 2.00. The summed E-state index contributed by atoms with van der Waals surface area (Å²) >= 11 is 0. The number of hydrogen-bond donors (Lipinski definition) is 0. The first kappa shape index (κ1) is 12.8. The Bertz CT molecular complexity index is 293. The predicted octanol–water partition coefficient (Wildman–Crippen LogP) is 4.02. The number of allylic oxidation sites excluding steroid dienone is 8. The van der Waals surface area contributed by atoms with Gasteiger partial charge in [0.1, 0.15) is 0 Å². The van der Waals surface area contributed by atoms with Crippen molar-refractivity contribution in [2.24, 2.45) is 5.92 Å². The van der Waals surface area contributed by atoms with E-state index in [1.165, 1.54) is 19.3 Å². The van der Waals surface area contributed by atoms with Crippen molar-refractivity contribution >= 4 is 0 Å². The smallest absolute Gasteiger partial charge is 1.00 e. The summed E-state index contributed by atoms with van der Waals surface area (Å²) in [6.07, 6.45) is 23.0. The second kappa shape index (κ2) is 7.06. The minimum atomic E-state index is 0. The van der Waals surface area contributed by atoms with E-state index in [1.54, 1.807) is 5.57 Å². The van der Waals surface area contributed by atoms with Crippen molar-refractivity contribution in [3.8, 4) is 0 Å². The SMILES string of the molecule is C1=CCC2CC[CH-]C2=C1.[C-]1=CC=CC1.[H-].[H-].[Zr+4]. The van der Waals surface area contributed by atoms with Crippen LogP contribution in [-0.4, -0.2) is 0 Å². The Hall–Kier alpha value is -0.287. The Balaban J connectivity index is 0. The fraction of sp³-hybridized carbons (Fsp3) is 0.357. The van der Waals surface area contributed by atoms with Crippen molar-refractivity contribution in [3.63, 3.8) is 0 Å². The Labute approximate surface area is 115 Å². The van der Waals surface area contributed by atoms with Gasteiger partial charge in [0.25, 0.3) is 0 Å². The summed E-state index contributed by atoms with van der Waals surface area (Å²) in [7, 11) is 0. The van der Waals surface area contributed by atoms with Crippen LogP contribution in [0.3, 0.4) is 0 Å². The zero-order valence-electron chi connectivity index (χ0n) is 10.9. The average molecular weight is 278 g/mol. The zero-order chi connectivity index (χ0) is 9.64. The normalized spacial score (nSPS) is 24.5. The molecule has 0 aliphatic heterocycles. The molecule has 0 amide bonds. The molecule has 0 aromatic carbocycles. The summed E-state index contributed by atoms with van der Waals surface area (Å²) in [5.74, 6) is 0.884. The number of hydrogen-bond acceptors (Lipinski definition) is 0. The molecule has 3 aliphatic carbocycles. The quantitative estimate of drug-likeness (QED) is 0.587. The van der Waals surface area contributed by atoms with Gasteiger partial charge in [0.15, 0.2) is 0 Å². The van der Waals surface area contributed by atoms with Gasteiger partial charge in [-0.15, -0.1) is 25.0 Å². The van der Waals surface area contributed by atoms with E-state index in [-0.39, 0.29) is 29.1 Å². The number of fused-ring (bicyclic) bond motifs is 1. The molecule has 0 heterocycles. The topological polar surface area (TPSA) is 0 Å². The summed E-state index contributed by atoms with van der Waals surface area (Å²) in [4.78, 5) is 0. The van der Waals surface area contributed by atoms with Crippen LogP contribution in [0.25, 0.3) is 0 Å². The molecule has 1 unspecified atom stereocenters. The van der Waals surface area contributed by atoms with Gasteiger partial charge < -0.3 is 2.85 Å². The minimum Gasteiger partial charge on any atom is -1.00 e. The van der Waals surface area contributed by atoms with Gasteiger partial charge in [-0.05, 0) is 12.3 Å². The molecule has 15 heavy (non-hydrogen) atoms. The molecule has 0 aromatic heterocycles. The van der Waals surface area contributed by atoms with Crippen LogP contribution in [0.2, 0.25) is 0 Å². The molecule has 0 nitrogen and oxygen atoms in total. The third kappa shape index (κ3) is 3.99. The van der Waals surface area contributed by atoms with E-state index >= 15 is 0 Å². The summed E-state index contributed by atoms with van der Waals surface area (Å²) in [6.45, 7) is 0. The van der Waals surface area contributed by atoms with E-state index in [0.29, 0.717) is 0 Å². The van der Waals surface area contributed by atoms with E-state index in [0.717, 1.165) is 12.3 Å². The van der Waals surface area contributed by atoms with Crippen LogP contribution >= 0.6 is 0 Å². The van der Waals surface area contributed by atoms with E-state index in [4.69, 9.17) is 0 Å². The molecule has 3 rings (SSSR count). The molecule has 1 fully saturated rings. The maximum absolute atomic E-state index is 2.99. The first-order valence-electron chi connectivity index (χ1n) is 5.38. The van der Waals surface area contributed by atoms with Crippen LogP contribution in [0.1, 0.15) is 28.5 Å². The second-order valence-electron chi connectivity index (χ2n) is 3.81. The largest absolute Gasteiger partial charge is 4.00 e. The van der Waals surface area contributed by atoms with Gasteiger partial charge in [-0.1, -0.05) is 6.42 Å². The van der Waals surface area contributed by atoms with Crippen molar-refractivity contribution in [3.05, 3.63) is 54.5 Å². The molecule has 78 valence electrons. The Kier molecular flexibility index (Phi) is 6.02. The molecule has 0 spiro atoms. The van der Waals surface area contributed by atoms with Crippen molar-refractivity contribution in [1.82, 2.24) is 0 Å². The molecular weight excluding hydrogens is 259 g/mol. The van der Waals surface area contributed by atoms with Crippen molar-refractivity contribution in [2.45, 2.75) is 25.7 Å². The van der Waals surface area contributed by atoms with Gasteiger partial charge in [0.2, 0.25) is 0 Å². The van der Waals surface area contributed by atoms with Crippen molar-refractivity contribution in [1.29, 1.82) is 0 Å². The molecule has 1 saturated carbocycles. The van der Waals surface area contributed by atoms with Crippen LogP contribution in [0, 0.1) is 18.4 Å². The van der Waals surface area contributed by atoms with Crippen LogP contribution in [0.15, 0.2) is 42.0 Å². The third-order valence-corrected chi connectivity index (χ3v) is 2.80. The van der Waals surface area contributed by atoms with E-state index in [2.05, 4.69) is 36.8 Å². The van der Waals surface area contributed by atoms with Crippen LogP contribution in [0.4, 0.5) is 0 Å². The van der Waals surface area contributed by atoms with Gasteiger partial charge in [0.05, 0.1) is 0 Å². The van der Waals surface area contributed by atoms with Crippen molar-refractivity contribution < 1.29 is 29.1 Å². The van der Waals surface area contributed by atoms with Gasteiger partial charge in [-0.25, -0.2) is 30.2 Å². The summed E-state index contributed by atoms with van der Waals surface area (Å²) < 4.78 is 0. The molecule has 0 bridgehead atoms. The number of rotatable bonds is 0. The fourth-order valence-corrected chi connectivity index (χ4v) is 2.00. The molecular formula is C14H18Zr. The van der Waals surface area contributed by atoms with Crippen LogP contribution < -0.4 is 0 Å². The van der Waals surface area contributed by atoms with E-state index in [1.807, 2.05) is 12.2 Å². The Morgan fingerprint density at radius 3 is 2.87 bits per heavy atom. The van der Waals surface area contributed by atoms with Crippen molar-refractivity contribution in [2.75, 3.05) is 0 Å². The average Bonchev–Trinajstić information content (AvgIpc) is 2.92. The Morgan fingerprint density at radius 1 is 1.33 bits per heavy atom. The van der Waals surface area contributed by atoms with Gasteiger partial charge in [0, 0.05) is 0 Å². The third-order valence-electron chi connectivity index (χ3n) is 2.80. The standard InChI is InChI=1S/C9H11.C5H5.Zr.2H/c1-2-5-9-7-3-6-8(9)4-1;1-2-4-5-3-1;;;/h1-2,4,6,9H,3,5,7H2;1-3H,4H2;;;/q2*-1;+4;2*-1. The van der Waals surface area contributed by atoms with Gasteiger partial charge >= 0.3 is 26.2 Å². The Morgan fingerprint density at radius 2 is 2.27 bits per heavy atom. The molecule has 1 heteroatoms. The molecule has 0 radical (unpaired) electrons. The molecule has 0 N–H and O–H groups in total. The maximum atomic E-state index is 2.99. The van der Waals surface area contributed by atoms with Gasteiger partial charge in [-0.3, -0.25) is 6.08 Å². The maximum Gasteiger partial charge on any atom is 4.00 e. The van der Waals surface area contributed by atoms with Crippen LogP contribution in [0.5, 0.6) is 0 Å². The summed E-state index contributed by atoms with van der Waals surface area (Å²) in [5, 5.41) is 0. The summed E-state index contributed by atoms with van der Waals surface area (Å²) in [6, 6.07) is 0. The monoisotopic (exact) mass is 276 g/mol. The van der Waals surface area contributed by atoms with Gasteiger partial charge in [-0.2, -0.15) is 6.08 Å². The first-order valence-corrected chi connectivity index (χ1v) is 5.38. The molecule has 1 atom stereocenters. The molecule has 0 aromatic rings.